The van der Waals surface area contributed by atoms with E-state index in [0.29, 0.717) is 11.9 Å². The van der Waals surface area contributed by atoms with Gasteiger partial charge in [-0.1, -0.05) is 0 Å². The van der Waals surface area contributed by atoms with Crippen LogP contribution in [0.4, 0.5) is 0 Å². The SMILES string of the molecule is O=C(CCC1CCCNC1)N(CC1CC1)C1CC1. The number of amides is 1. The first-order valence-corrected chi connectivity index (χ1v) is 7.83. The van der Waals surface area contributed by atoms with Crippen LogP contribution < -0.4 is 5.32 Å². The van der Waals surface area contributed by atoms with E-state index in [1.54, 1.807) is 0 Å². The molecule has 0 bridgehead atoms. The zero-order valence-electron chi connectivity index (χ0n) is 11.4. The van der Waals surface area contributed by atoms with Gasteiger partial charge >= 0.3 is 0 Å². The topological polar surface area (TPSA) is 32.3 Å². The Morgan fingerprint density at radius 3 is 2.56 bits per heavy atom. The summed E-state index contributed by atoms with van der Waals surface area (Å²) >= 11 is 0. The minimum atomic E-state index is 0.440. The Bertz CT molecular complexity index is 291. The van der Waals surface area contributed by atoms with Crippen LogP contribution in [0.15, 0.2) is 0 Å². The Balaban J connectivity index is 1.43. The van der Waals surface area contributed by atoms with E-state index in [1.165, 1.54) is 45.1 Å². The van der Waals surface area contributed by atoms with Gasteiger partial charge in [-0.25, -0.2) is 0 Å². The quantitative estimate of drug-likeness (QED) is 0.783. The molecule has 1 saturated heterocycles. The molecule has 18 heavy (non-hydrogen) atoms. The number of piperidine rings is 1. The first kappa shape index (κ1) is 12.5. The van der Waals surface area contributed by atoms with Gasteiger partial charge in [0.2, 0.25) is 5.91 Å². The molecule has 3 nitrogen and oxygen atoms in total. The zero-order valence-corrected chi connectivity index (χ0v) is 11.4. The molecule has 3 fully saturated rings. The lowest BCUT2D eigenvalue weighted by molar-refractivity contribution is -0.132. The van der Waals surface area contributed by atoms with Crippen molar-refractivity contribution in [3.63, 3.8) is 0 Å². The van der Waals surface area contributed by atoms with Crippen LogP contribution >= 0.6 is 0 Å². The first-order valence-electron chi connectivity index (χ1n) is 7.83. The Hall–Kier alpha value is -0.570. The number of rotatable bonds is 6. The van der Waals surface area contributed by atoms with Crippen LogP contribution in [0, 0.1) is 11.8 Å². The average molecular weight is 250 g/mol. The summed E-state index contributed by atoms with van der Waals surface area (Å²) in [5.41, 5.74) is 0. The molecular weight excluding hydrogens is 224 g/mol. The van der Waals surface area contributed by atoms with Crippen LogP contribution in [-0.2, 0) is 4.79 Å². The van der Waals surface area contributed by atoms with Gasteiger partial charge in [-0.05, 0) is 69.9 Å². The largest absolute Gasteiger partial charge is 0.339 e. The molecule has 1 unspecified atom stereocenters. The molecule has 102 valence electrons. The summed E-state index contributed by atoms with van der Waals surface area (Å²) in [5, 5.41) is 3.44. The van der Waals surface area contributed by atoms with Crippen molar-refractivity contribution in [1.29, 1.82) is 0 Å². The van der Waals surface area contributed by atoms with Crippen molar-refractivity contribution < 1.29 is 4.79 Å². The molecule has 1 heterocycles. The maximum atomic E-state index is 12.3. The standard InChI is InChI=1S/C15H26N2O/c18-15(8-5-12-2-1-9-16-10-12)17(14-6-7-14)11-13-3-4-13/h12-14,16H,1-11H2. The van der Waals surface area contributed by atoms with Gasteiger partial charge in [-0.3, -0.25) is 4.79 Å². The summed E-state index contributed by atoms with van der Waals surface area (Å²) in [5.74, 6) is 2.02. The average Bonchev–Trinajstić information content (AvgIpc) is 3.28. The fraction of sp³-hybridized carbons (Fsp3) is 0.933. The number of hydrogen-bond donors (Lipinski definition) is 1. The van der Waals surface area contributed by atoms with E-state index in [0.717, 1.165) is 37.8 Å². The van der Waals surface area contributed by atoms with Crippen molar-refractivity contribution in [2.75, 3.05) is 19.6 Å². The highest BCUT2D eigenvalue weighted by Crippen LogP contribution is 2.35. The van der Waals surface area contributed by atoms with Crippen LogP contribution in [0.5, 0.6) is 0 Å². The summed E-state index contributed by atoms with van der Waals surface area (Å²) in [4.78, 5) is 14.6. The van der Waals surface area contributed by atoms with Gasteiger partial charge in [0.25, 0.3) is 0 Å². The highest BCUT2D eigenvalue weighted by atomic mass is 16.2. The monoisotopic (exact) mass is 250 g/mol. The Kier molecular flexibility index (Phi) is 3.88. The van der Waals surface area contributed by atoms with Crippen LogP contribution in [0.3, 0.4) is 0 Å². The maximum Gasteiger partial charge on any atom is 0.222 e. The van der Waals surface area contributed by atoms with Gasteiger partial charge in [-0.2, -0.15) is 0 Å². The predicted octanol–water partition coefficient (Wildman–Crippen LogP) is 2.17. The molecule has 1 N–H and O–H groups in total. The molecule has 3 rings (SSSR count). The molecule has 0 radical (unpaired) electrons. The van der Waals surface area contributed by atoms with E-state index in [9.17, 15) is 4.79 Å². The van der Waals surface area contributed by atoms with E-state index in [-0.39, 0.29) is 0 Å². The number of nitrogens with zero attached hydrogens (tertiary/aromatic N) is 1. The lowest BCUT2D eigenvalue weighted by Gasteiger charge is -2.25. The molecule has 1 atom stereocenters. The third-order valence-corrected chi connectivity index (χ3v) is 4.63. The molecule has 3 heteroatoms. The molecule has 0 aromatic rings. The van der Waals surface area contributed by atoms with Crippen LogP contribution in [0.2, 0.25) is 0 Å². The first-order chi connectivity index (χ1) is 8.83. The van der Waals surface area contributed by atoms with E-state index in [4.69, 9.17) is 0 Å². The number of nitrogens with one attached hydrogen (secondary N) is 1. The normalized spacial score (nSPS) is 28.1. The van der Waals surface area contributed by atoms with E-state index in [1.807, 2.05) is 0 Å². The summed E-state index contributed by atoms with van der Waals surface area (Å²) in [6.07, 6.45) is 9.69. The molecule has 2 saturated carbocycles. The van der Waals surface area contributed by atoms with Gasteiger partial charge in [0.15, 0.2) is 0 Å². The van der Waals surface area contributed by atoms with E-state index < -0.39 is 0 Å². The molecule has 1 aliphatic heterocycles. The predicted molar refractivity (Wildman–Crippen MR) is 72.3 cm³/mol. The van der Waals surface area contributed by atoms with Gasteiger partial charge in [-0.15, -0.1) is 0 Å². The molecular formula is C15H26N2O. The molecule has 1 amide bonds. The van der Waals surface area contributed by atoms with Gasteiger partial charge in [0.05, 0.1) is 0 Å². The van der Waals surface area contributed by atoms with Crippen molar-refractivity contribution in [3.8, 4) is 0 Å². The number of carbonyl (C=O) groups excluding carboxylic acids is 1. The smallest absolute Gasteiger partial charge is 0.222 e. The lowest BCUT2D eigenvalue weighted by atomic mass is 9.94. The van der Waals surface area contributed by atoms with Crippen LogP contribution in [-0.4, -0.2) is 36.5 Å². The van der Waals surface area contributed by atoms with Crippen molar-refractivity contribution in [1.82, 2.24) is 10.2 Å². The summed E-state index contributed by atoms with van der Waals surface area (Å²) < 4.78 is 0. The molecule has 0 aromatic heterocycles. The number of hydrogen-bond acceptors (Lipinski definition) is 2. The third kappa shape index (κ3) is 3.47. The second-order valence-corrected chi connectivity index (χ2v) is 6.47. The second-order valence-electron chi connectivity index (χ2n) is 6.47. The summed E-state index contributed by atoms with van der Waals surface area (Å²) in [6, 6.07) is 0.614. The van der Waals surface area contributed by atoms with Gasteiger partial charge < -0.3 is 10.2 Å². The number of carbonyl (C=O) groups is 1. The van der Waals surface area contributed by atoms with Crippen LogP contribution in [0.25, 0.3) is 0 Å². The zero-order chi connectivity index (χ0) is 12.4. The molecule has 0 spiro atoms. The van der Waals surface area contributed by atoms with Crippen molar-refractivity contribution in [3.05, 3.63) is 0 Å². The molecule has 2 aliphatic carbocycles. The summed E-state index contributed by atoms with van der Waals surface area (Å²) in [6.45, 7) is 3.35. The van der Waals surface area contributed by atoms with Gasteiger partial charge in [0.1, 0.15) is 0 Å². The van der Waals surface area contributed by atoms with Crippen molar-refractivity contribution >= 4 is 5.91 Å². The third-order valence-electron chi connectivity index (χ3n) is 4.63. The highest BCUT2D eigenvalue weighted by molar-refractivity contribution is 5.76. The van der Waals surface area contributed by atoms with Gasteiger partial charge in [0, 0.05) is 19.0 Å². The fourth-order valence-corrected chi connectivity index (χ4v) is 3.06. The second kappa shape index (κ2) is 5.60. The minimum absolute atomic E-state index is 0.440. The van der Waals surface area contributed by atoms with E-state index >= 15 is 0 Å². The van der Waals surface area contributed by atoms with E-state index in [2.05, 4.69) is 10.2 Å². The Morgan fingerprint density at radius 2 is 1.94 bits per heavy atom. The molecule has 3 aliphatic rings. The Labute approximate surface area is 110 Å². The maximum absolute atomic E-state index is 12.3. The Morgan fingerprint density at radius 1 is 1.11 bits per heavy atom. The highest BCUT2D eigenvalue weighted by Gasteiger charge is 2.36. The van der Waals surface area contributed by atoms with Crippen molar-refractivity contribution in [2.45, 2.75) is 57.4 Å². The lowest BCUT2D eigenvalue weighted by Crippen LogP contribution is -2.36. The molecule has 0 aromatic carbocycles. The van der Waals surface area contributed by atoms with Crippen LogP contribution in [0.1, 0.15) is 51.4 Å². The minimum Gasteiger partial charge on any atom is -0.339 e. The fourth-order valence-electron chi connectivity index (χ4n) is 3.06. The summed E-state index contributed by atoms with van der Waals surface area (Å²) in [7, 11) is 0. The van der Waals surface area contributed by atoms with Crippen molar-refractivity contribution in [2.24, 2.45) is 11.8 Å².